The minimum Gasteiger partial charge on any atom is -0.407 e. The van der Waals surface area contributed by atoms with Crippen molar-refractivity contribution in [2.24, 2.45) is 0 Å². The van der Waals surface area contributed by atoms with Crippen LogP contribution in [0.2, 0.25) is 0 Å². The molecule has 23 heavy (non-hydrogen) atoms. The second-order valence-corrected chi connectivity index (χ2v) is 8.41. The molecule has 0 radical (unpaired) electrons. The van der Waals surface area contributed by atoms with Crippen molar-refractivity contribution < 1.29 is 9.15 Å². The summed E-state index contributed by atoms with van der Waals surface area (Å²) in [5, 5.41) is 10.6. The monoisotopic (exact) mass is 333 g/mol. The van der Waals surface area contributed by atoms with Gasteiger partial charge in [-0.1, -0.05) is 25.9 Å². The molecule has 0 aliphatic carbocycles. The van der Waals surface area contributed by atoms with Gasteiger partial charge in [-0.2, -0.15) is 0 Å². The van der Waals surface area contributed by atoms with E-state index in [0.29, 0.717) is 11.9 Å². The van der Waals surface area contributed by atoms with E-state index in [1.54, 1.807) is 0 Å². The van der Waals surface area contributed by atoms with Crippen LogP contribution in [0.15, 0.2) is 15.9 Å². The van der Waals surface area contributed by atoms with E-state index in [4.69, 9.17) is 9.15 Å². The summed E-state index contributed by atoms with van der Waals surface area (Å²) < 4.78 is 12.1. The van der Waals surface area contributed by atoms with Crippen LogP contribution in [0, 0.1) is 0 Å². The van der Waals surface area contributed by atoms with Crippen molar-refractivity contribution in [3.63, 3.8) is 0 Å². The van der Waals surface area contributed by atoms with E-state index in [2.05, 4.69) is 47.3 Å². The molecule has 4 heterocycles. The topological polar surface area (TPSA) is 51.4 Å². The van der Waals surface area contributed by atoms with Gasteiger partial charge in [0.2, 0.25) is 5.89 Å². The molecule has 0 unspecified atom stereocenters. The van der Waals surface area contributed by atoms with Crippen molar-refractivity contribution in [3.8, 4) is 0 Å². The third kappa shape index (κ3) is 2.58. The zero-order valence-electron chi connectivity index (χ0n) is 14.0. The minimum atomic E-state index is -0.111. The molecule has 2 aliphatic rings. The second kappa shape index (κ2) is 5.31. The molecule has 0 saturated carbocycles. The van der Waals surface area contributed by atoms with E-state index in [1.807, 2.05) is 11.3 Å². The van der Waals surface area contributed by atoms with Gasteiger partial charge < -0.3 is 14.1 Å². The Hall–Kier alpha value is -1.40. The Bertz CT molecular complexity index is 693. The Morgan fingerprint density at radius 2 is 2.00 bits per heavy atom. The summed E-state index contributed by atoms with van der Waals surface area (Å²) in [6, 6.07) is 2.90. The van der Waals surface area contributed by atoms with Crippen LogP contribution in [0.25, 0.3) is 0 Å². The first-order chi connectivity index (χ1) is 11.0. The van der Waals surface area contributed by atoms with Gasteiger partial charge in [0, 0.05) is 23.4 Å². The van der Waals surface area contributed by atoms with Crippen molar-refractivity contribution in [1.82, 2.24) is 10.2 Å². The van der Waals surface area contributed by atoms with Crippen molar-refractivity contribution in [2.75, 3.05) is 24.6 Å². The van der Waals surface area contributed by atoms with Crippen molar-refractivity contribution in [1.29, 1.82) is 0 Å². The Morgan fingerprint density at radius 1 is 1.22 bits per heavy atom. The lowest BCUT2D eigenvalue weighted by molar-refractivity contribution is -0.0739. The highest BCUT2D eigenvalue weighted by atomic mass is 32.1. The molecule has 0 N–H and O–H groups in total. The fraction of sp³-hybridized carbons (Fsp3) is 0.647. The first-order valence-electron chi connectivity index (χ1n) is 8.28. The number of ether oxygens (including phenoxy) is 1. The summed E-state index contributed by atoms with van der Waals surface area (Å²) in [7, 11) is 0. The van der Waals surface area contributed by atoms with Gasteiger partial charge in [0.1, 0.15) is 5.60 Å². The van der Waals surface area contributed by atoms with Gasteiger partial charge in [-0.3, -0.25) is 0 Å². The number of hydrogen-bond donors (Lipinski definition) is 0. The molecule has 0 atom stereocenters. The highest BCUT2D eigenvalue weighted by molar-refractivity contribution is 7.10. The smallest absolute Gasteiger partial charge is 0.318 e. The van der Waals surface area contributed by atoms with Gasteiger partial charge in [-0.25, -0.2) is 0 Å². The maximum absolute atomic E-state index is 6.25. The van der Waals surface area contributed by atoms with Crippen LogP contribution < -0.4 is 4.90 Å². The lowest BCUT2D eigenvalue weighted by Gasteiger charge is -2.43. The maximum Gasteiger partial charge on any atom is 0.318 e. The third-order valence-electron chi connectivity index (χ3n) is 4.81. The summed E-state index contributed by atoms with van der Waals surface area (Å²) in [5.41, 5.74) is 1.27. The molecule has 2 aromatic rings. The van der Waals surface area contributed by atoms with Crippen LogP contribution in [0.5, 0.6) is 0 Å². The van der Waals surface area contributed by atoms with E-state index < -0.39 is 0 Å². The van der Waals surface area contributed by atoms with Crippen LogP contribution in [-0.4, -0.2) is 29.9 Å². The number of thiophene rings is 1. The average molecular weight is 333 g/mol. The Kier molecular flexibility index (Phi) is 3.50. The van der Waals surface area contributed by atoms with Gasteiger partial charge in [0.15, 0.2) is 0 Å². The molecule has 0 aromatic carbocycles. The minimum absolute atomic E-state index is 0.0921. The second-order valence-electron chi connectivity index (χ2n) is 7.49. The number of hydrogen-bond acceptors (Lipinski definition) is 6. The fourth-order valence-electron chi connectivity index (χ4n) is 3.43. The van der Waals surface area contributed by atoms with Crippen molar-refractivity contribution in [3.05, 3.63) is 27.8 Å². The Labute approximate surface area is 140 Å². The molecule has 1 spiro atoms. The van der Waals surface area contributed by atoms with Crippen LogP contribution in [0.4, 0.5) is 6.01 Å². The molecule has 0 bridgehead atoms. The van der Waals surface area contributed by atoms with Gasteiger partial charge in [-0.15, -0.1) is 16.4 Å². The molecule has 1 saturated heterocycles. The molecular formula is C17H23N3O2S. The molecule has 124 valence electrons. The SMILES string of the molecule is CC(C)(C)c1nnc(N2CCC3(CC2)OCCc2ccsc23)o1. The molecule has 5 nitrogen and oxygen atoms in total. The van der Waals surface area contributed by atoms with Crippen LogP contribution in [-0.2, 0) is 22.2 Å². The summed E-state index contributed by atoms with van der Waals surface area (Å²) in [6.45, 7) is 8.88. The predicted molar refractivity (Wildman–Crippen MR) is 90.1 cm³/mol. The Morgan fingerprint density at radius 3 is 2.70 bits per heavy atom. The number of aromatic nitrogens is 2. The molecule has 6 heteroatoms. The largest absolute Gasteiger partial charge is 0.407 e. The first-order valence-corrected chi connectivity index (χ1v) is 9.16. The number of fused-ring (bicyclic) bond motifs is 2. The zero-order valence-corrected chi connectivity index (χ0v) is 14.8. The molecule has 4 rings (SSSR count). The lowest BCUT2D eigenvalue weighted by Crippen LogP contribution is -2.46. The van der Waals surface area contributed by atoms with E-state index >= 15 is 0 Å². The van der Waals surface area contributed by atoms with E-state index in [9.17, 15) is 0 Å². The molecule has 2 aliphatic heterocycles. The quantitative estimate of drug-likeness (QED) is 0.799. The number of anilines is 1. The van der Waals surface area contributed by atoms with Crippen LogP contribution in [0.3, 0.4) is 0 Å². The summed E-state index contributed by atoms with van der Waals surface area (Å²) in [5.74, 6) is 0.697. The average Bonchev–Trinajstić information content (AvgIpc) is 3.17. The highest BCUT2D eigenvalue weighted by Gasteiger charge is 2.42. The maximum atomic E-state index is 6.25. The van der Waals surface area contributed by atoms with E-state index in [-0.39, 0.29) is 11.0 Å². The summed E-state index contributed by atoms with van der Waals surface area (Å²) in [6.07, 6.45) is 3.00. The standard InChI is InChI=1S/C17H23N3O2S/c1-16(2,3)14-18-19-15(22-14)20-8-6-17(7-9-20)13-12(4-10-21-17)5-11-23-13/h5,11H,4,6-10H2,1-3H3. The Balaban J connectivity index is 1.51. The normalized spacial score (nSPS) is 20.7. The summed E-state index contributed by atoms with van der Waals surface area (Å²) >= 11 is 1.84. The molecule has 1 fully saturated rings. The highest BCUT2D eigenvalue weighted by Crippen LogP contribution is 2.44. The van der Waals surface area contributed by atoms with E-state index in [0.717, 1.165) is 39.0 Å². The van der Waals surface area contributed by atoms with E-state index in [1.165, 1.54) is 10.4 Å². The van der Waals surface area contributed by atoms with Gasteiger partial charge in [-0.05, 0) is 36.3 Å². The molecular weight excluding hydrogens is 310 g/mol. The van der Waals surface area contributed by atoms with Crippen LogP contribution in [0.1, 0.15) is 49.9 Å². The first kappa shape index (κ1) is 15.1. The number of nitrogens with zero attached hydrogens (tertiary/aromatic N) is 3. The van der Waals surface area contributed by atoms with Gasteiger partial charge >= 0.3 is 6.01 Å². The van der Waals surface area contributed by atoms with Crippen LogP contribution >= 0.6 is 11.3 Å². The number of piperidine rings is 1. The van der Waals surface area contributed by atoms with Gasteiger partial charge in [0.25, 0.3) is 0 Å². The van der Waals surface area contributed by atoms with Crippen molar-refractivity contribution >= 4 is 17.4 Å². The van der Waals surface area contributed by atoms with Crippen molar-refractivity contribution in [2.45, 2.75) is 51.0 Å². The third-order valence-corrected chi connectivity index (χ3v) is 5.95. The zero-order chi connectivity index (χ0) is 16.1. The molecule has 0 amide bonds. The lowest BCUT2D eigenvalue weighted by atomic mass is 9.85. The predicted octanol–water partition coefficient (Wildman–Crippen LogP) is 3.50. The molecule has 2 aromatic heterocycles. The fourth-order valence-corrected chi connectivity index (χ4v) is 4.60. The summed E-state index contributed by atoms with van der Waals surface area (Å²) in [4.78, 5) is 3.63. The van der Waals surface area contributed by atoms with Gasteiger partial charge in [0.05, 0.1) is 6.61 Å². The number of rotatable bonds is 1.